The molecule has 1 N–H and O–H groups in total. The maximum Gasteiger partial charge on any atom is 0.258 e. The average Bonchev–Trinajstić information content (AvgIpc) is 3.04. The molecule has 5 heteroatoms. The Hall–Kier alpha value is -2.40. The second-order valence-corrected chi connectivity index (χ2v) is 5.57. The number of rotatable bonds is 4. The van der Waals surface area contributed by atoms with Gasteiger partial charge in [-0.15, -0.1) is 0 Å². The van der Waals surface area contributed by atoms with Gasteiger partial charge in [-0.2, -0.15) is 0 Å². The molecule has 1 aliphatic rings. The van der Waals surface area contributed by atoms with Crippen molar-refractivity contribution in [2.24, 2.45) is 0 Å². The standard InChI is InChI=1S/C18H18FNO3/c1-12-2-7-17(19)16(10-12)18(21)20-13-3-5-14(6-4-13)23-15-8-9-22-11-15/h2-7,10,15H,8-9,11H2,1H3,(H,20,21)/t15-/m0/s1. The monoisotopic (exact) mass is 315 g/mol. The zero-order valence-corrected chi connectivity index (χ0v) is 12.8. The van der Waals surface area contributed by atoms with Crippen LogP contribution in [0.3, 0.4) is 0 Å². The lowest BCUT2D eigenvalue weighted by Crippen LogP contribution is -2.16. The van der Waals surface area contributed by atoms with E-state index < -0.39 is 11.7 Å². The van der Waals surface area contributed by atoms with E-state index >= 15 is 0 Å². The van der Waals surface area contributed by atoms with E-state index in [2.05, 4.69) is 5.32 Å². The molecule has 23 heavy (non-hydrogen) atoms. The van der Waals surface area contributed by atoms with Gasteiger partial charge in [0.05, 0.1) is 18.8 Å². The molecule has 0 spiro atoms. The minimum atomic E-state index is -0.533. The lowest BCUT2D eigenvalue weighted by Gasteiger charge is -2.12. The maximum atomic E-state index is 13.7. The molecule has 0 unspecified atom stereocenters. The number of hydrogen-bond donors (Lipinski definition) is 1. The van der Waals surface area contributed by atoms with Crippen LogP contribution in [-0.2, 0) is 4.74 Å². The molecule has 0 aromatic heterocycles. The van der Waals surface area contributed by atoms with Crippen LogP contribution < -0.4 is 10.1 Å². The Labute approximate surface area is 134 Å². The molecular weight excluding hydrogens is 297 g/mol. The summed E-state index contributed by atoms with van der Waals surface area (Å²) in [6.45, 7) is 3.14. The summed E-state index contributed by atoms with van der Waals surface area (Å²) in [4.78, 5) is 12.2. The summed E-state index contributed by atoms with van der Waals surface area (Å²) in [5.74, 6) is -0.279. The van der Waals surface area contributed by atoms with Gasteiger partial charge in [-0.3, -0.25) is 4.79 Å². The van der Waals surface area contributed by atoms with Crippen LogP contribution in [0, 0.1) is 12.7 Å². The molecule has 3 rings (SSSR count). The van der Waals surface area contributed by atoms with E-state index in [1.807, 2.05) is 6.92 Å². The summed E-state index contributed by atoms with van der Waals surface area (Å²) in [6, 6.07) is 11.5. The first-order valence-electron chi connectivity index (χ1n) is 7.54. The molecule has 0 aliphatic carbocycles. The molecule has 0 saturated carbocycles. The summed E-state index contributed by atoms with van der Waals surface area (Å²) in [5.41, 5.74) is 1.46. The van der Waals surface area contributed by atoms with Crippen LogP contribution in [0.5, 0.6) is 5.75 Å². The third kappa shape index (κ3) is 3.87. The van der Waals surface area contributed by atoms with Gasteiger partial charge >= 0.3 is 0 Å². The van der Waals surface area contributed by atoms with Gasteiger partial charge in [0.15, 0.2) is 0 Å². The van der Waals surface area contributed by atoms with Gasteiger partial charge in [0.2, 0.25) is 0 Å². The summed E-state index contributed by atoms with van der Waals surface area (Å²) in [5, 5.41) is 2.69. The Bertz CT molecular complexity index is 694. The number of anilines is 1. The number of carbonyl (C=O) groups is 1. The third-order valence-corrected chi connectivity index (χ3v) is 3.67. The second-order valence-electron chi connectivity index (χ2n) is 5.57. The number of aryl methyl sites for hydroxylation is 1. The Morgan fingerprint density at radius 3 is 2.74 bits per heavy atom. The molecule has 1 atom stereocenters. The van der Waals surface area contributed by atoms with E-state index in [-0.39, 0.29) is 11.7 Å². The van der Waals surface area contributed by atoms with Crippen molar-refractivity contribution in [3.05, 3.63) is 59.4 Å². The van der Waals surface area contributed by atoms with Crippen LogP contribution in [0.1, 0.15) is 22.3 Å². The van der Waals surface area contributed by atoms with Crippen LogP contribution >= 0.6 is 0 Å². The van der Waals surface area contributed by atoms with E-state index in [0.717, 1.165) is 24.3 Å². The predicted octanol–water partition coefficient (Wildman–Crippen LogP) is 3.55. The van der Waals surface area contributed by atoms with Crippen molar-refractivity contribution in [3.8, 4) is 5.75 Å². The summed E-state index contributed by atoms with van der Waals surface area (Å²) in [6.07, 6.45) is 0.960. The number of ether oxygens (including phenoxy) is 2. The molecule has 4 nitrogen and oxygen atoms in total. The Morgan fingerprint density at radius 1 is 1.26 bits per heavy atom. The normalized spacial score (nSPS) is 17.0. The first kappa shape index (κ1) is 15.5. The van der Waals surface area contributed by atoms with Crippen molar-refractivity contribution >= 4 is 11.6 Å². The van der Waals surface area contributed by atoms with Gasteiger partial charge in [0.1, 0.15) is 17.7 Å². The molecule has 2 aromatic carbocycles. The van der Waals surface area contributed by atoms with Crippen molar-refractivity contribution in [2.75, 3.05) is 18.5 Å². The number of hydrogen-bond acceptors (Lipinski definition) is 3. The van der Waals surface area contributed by atoms with Gasteiger partial charge in [0.25, 0.3) is 5.91 Å². The van der Waals surface area contributed by atoms with Gasteiger partial charge in [-0.05, 0) is 43.3 Å². The van der Waals surface area contributed by atoms with Gasteiger partial charge in [-0.25, -0.2) is 4.39 Å². The van der Waals surface area contributed by atoms with Crippen LogP contribution in [-0.4, -0.2) is 25.2 Å². The van der Waals surface area contributed by atoms with Crippen LogP contribution in [0.4, 0.5) is 10.1 Å². The molecule has 1 aliphatic heterocycles. The van der Waals surface area contributed by atoms with Crippen LogP contribution in [0.15, 0.2) is 42.5 Å². The number of benzene rings is 2. The van der Waals surface area contributed by atoms with E-state index in [1.165, 1.54) is 12.1 Å². The largest absolute Gasteiger partial charge is 0.488 e. The SMILES string of the molecule is Cc1ccc(F)c(C(=O)Nc2ccc(O[C@H]3CCOC3)cc2)c1. The second kappa shape index (κ2) is 6.79. The van der Waals surface area contributed by atoms with Gasteiger partial charge in [0, 0.05) is 12.1 Å². The lowest BCUT2D eigenvalue weighted by atomic mass is 10.1. The highest BCUT2D eigenvalue weighted by Gasteiger charge is 2.17. The molecule has 1 saturated heterocycles. The third-order valence-electron chi connectivity index (χ3n) is 3.67. The van der Waals surface area contributed by atoms with Crippen molar-refractivity contribution in [1.29, 1.82) is 0 Å². The zero-order chi connectivity index (χ0) is 16.2. The quantitative estimate of drug-likeness (QED) is 0.938. The highest BCUT2D eigenvalue weighted by Crippen LogP contribution is 2.20. The number of amides is 1. The summed E-state index contributed by atoms with van der Waals surface area (Å²) in [7, 11) is 0. The molecule has 120 valence electrons. The van der Waals surface area contributed by atoms with E-state index in [0.29, 0.717) is 12.3 Å². The van der Waals surface area contributed by atoms with E-state index in [1.54, 1.807) is 30.3 Å². The fourth-order valence-corrected chi connectivity index (χ4v) is 2.43. The highest BCUT2D eigenvalue weighted by molar-refractivity contribution is 6.04. The Balaban J connectivity index is 1.65. The van der Waals surface area contributed by atoms with Crippen LogP contribution in [0.25, 0.3) is 0 Å². The molecule has 1 fully saturated rings. The molecule has 1 heterocycles. The number of carbonyl (C=O) groups excluding carboxylic acids is 1. The fraction of sp³-hybridized carbons (Fsp3) is 0.278. The molecule has 0 radical (unpaired) electrons. The lowest BCUT2D eigenvalue weighted by molar-refractivity contribution is 0.102. The van der Waals surface area contributed by atoms with Crippen LogP contribution in [0.2, 0.25) is 0 Å². The van der Waals surface area contributed by atoms with Gasteiger partial charge in [-0.1, -0.05) is 11.6 Å². The molecule has 0 bridgehead atoms. The Morgan fingerprint density at radius 2 is 2.04 bits per heavy atom. The summed E-state index contributed by atoms with van der Waals surface area (Å²) >= 11 is 0. The maximum absolute atomic E-state index is 13.7. The van der Waals surface area contributed by atoms with E-state index in [4.69, 9.17) is 9.47 Å². The summed E-state index contributed by atoms with van der Waals surface area (Å²) < 4.78 is 24.7. The van der Waals surface area contributed by atoms with Crippen molar-refractivity contribution in [1.82, 2.24) is 0 Å². The minimum Gasteiger partial charge on any atom is -0.488 e. The van der Waals surface area contributed by atoms with E-state index in [9.17, 15) is 9.18 Å². The molecular formula is C18H18FNO3. The minimum absolute atomic E-state index is 0.0356. The molecule has 1 amide bonds. The first-order chi connectivity index (χ1) is 11.1. The number of nitrogens with one attached hydrogen (secondary N) is 1. The van der Waals surface area contributed by atoms with Gasteiger partial charge < -0.3 is 14.8 Å². The predicted molar refractivity (Wildman–Crippen MR) is 85.4 cm³/mol. The first-order valence-corrected chi connectivity index (χ1v) is 7.54. The smallest absolute Gasteiger partial charge is 0.258 e. The van der Waals surface area contributed by atoms with Crippen molar-refractivity contribution < 1.29 is 18.7 Å². The molecule has 2 aromatic rings. The van der Waals surface area contributed by atoms with Crippen molar-refractivity contribution in [3.63, 3.8) is 0 Å². The topological polar surface area (TPSA) is 47.6 Å². The Kier molecular flexibility index (Phi) is 4.57. The number of halogens is 1. The zero-order valence-electron chi connectivity index (χ0n) is 12.8. The fourth-order valence-electron chi connectivity index (χ4n) is 2.43. The van der Waals surface area contributed by atoms with Crippen molar-refractivity contribution in [2.45, 2.75) is 19.4 Å². The average molecular weight is 315 g/mol. The highest BCUT2D eigenvalue weighted by atomic mass is 19.1.